The lowest BCUT2D eigenvalue weighted by atomic mass is 10.0. The summed E-state index contributed by atoms with van der Waals surface area (Å²) in [6.45, 7) is 1.93. The fourth-order valence-electron chi connectivity index (χ4n) is 1.67. The van der Waals surface area contributed by atoms with Crippen molar-refractivity contribution in [3.8, 4) is 0 Å². The van der Waals surface area contributed by atoms with Gasteiger partial charge in [-0.3, -0.25) is 4.79 Å². The molecule has 0 heterocycles. The number of nitrogen functional groups attached to an aromatic ring is 1. The van der Waals surface area contributed by atoms with Crippen molar-refractivity contribution in [2.45, 2.75) is 6.92 Å². The molecule has 0 aromatic heterocycles. The van der Waals surface area contributed by atoms with Crippen LogP contribution >= 0.6 is 23.2 Å². The third-order valence-electron chi connectivity index (χ3n) is 2.62. The van der Waals surface area contributed by atoms with Gasteiger partial charge in [-0.1, -0.05) is 47.0 Å². The molecule has 2 nitrogen and oxygen atoms in total. The lowest BCUT2D eigenvalue weighted by molar-refractivity contribution is 0.103. The van der Waals surface area contributed by atoms with Crippen molar-refractivity contribution in [2.24, 2.45) is 0 Å². The molecule has 2 aromatic carbocycles. The number of ketones is 1. The van der Waals surface area contributed by atoms with E-state index in [1.807, 2.05) is 25.1 Å². The summed E-state index contributed by atoms with van der Waals surface area (Å²) in [7, 11) is 0. The standard InChI is InChI=1S/C14H11Cl2NO/c1-8-3-2-4-9(5-8)14(18)10-6-11(15)13(17)12(16)7-10/h2-7H,17H2,1H3. The molecule has 2 rings (SSSR count). The van der Waals surface area contributed by atoms with Gasteiger partial charge in [-0.2, -0.15) is 0 Å². The van der Waals surface area contributed by atoms with Gasteiger partial charge in [-0.25, -0.2) is 0 Å². The van der Waals surface area contributed by atoms with E-state index in [1.54, 1.807) is 6.07 Å². The summed E-state index contributed by atoms with van der Waals surface area (Å²) in [6, 6.07) is 10.4. The molecule has 0 saturated heterocycles. The highest BCUT2D eigenvalue weighted by Crippen LogP contribution is 2.29. The summed E-state index contributed by atoms with van der Waals surface area (Å²) in [5.74, 6) is -0.123. The molecular weight excluding hydrogens is 269 g/mol. The second kappa shape index (κ2) is 5.01. The molecule has 0 spiro atoms. The monoisotopic (exact) mass is 279 g/mol. The summed E-state index contributed by atoms with van der Waals surface area (Å²) in [5.41, 5.74) is 7.99. The Morgan fingerprint density at radius 1 is 1.06 bits per heavy atom. The number of carbonyl (C=O) groups excluding carboxylic acids is 1. The molecule has 0 aliphatic carbocycles. The van der Waals surface area contributed by atoms with Gasteiger partial charge in [-0.05, 0) is 25.1 Å². The SMILES string of the molecule is Cc1cccc(C(=O)c2cc(Cl)c(N)c(Cl)c2)c1. The first-order chi connectivity index (χ1) is 8.49. The van der Waals surface area contributed by atoms with Crippen LogP contribution in [-0.2, 0) is 0 Å². The van der Waals surface area contributed by atoms with E-state index in [1.165, 1.54) is 12.1 Å². The Kier molecular flexibility index (Phi) is 3.60. The van der Waals surface area contributed by atoms with Crippen molar-refractivity contribution >= 4 is 34.7 Å². The molecule has 2 N–H and O–H groups in total. The largest absolute Gasteiger partial charge is 0.396 e. The second-order valence-corrected chi connectivity index (χ2v) is 4.87. The van der Waals surface area contributed by atoms with Crippen LogP contribution in [0.15, 0.2) is 36.4 Å². The molecular formula is C14H11Cl2NO. The Bertz CT molecular complexity index is 600. The molecule has 0 atom stereocenters. The minimum absolute atomic E-state index is 0.123. The first-order valence-electron chi connectivity index (χ1n) is 5.35. The van der Waals surface area contributed by atoms with Crippen LogP contribution in [-0.4, -0.2) is 5.78 Å². The van der Waals surface area contributed by atoms with Crippen LogP contribution in [0.4, 0.5) is 5.69 Å². The average Bonchev–Trinajstić information content (AvgIpc) is 2.34. The van der Waals surface area contributed by atoms with E-state index in [0.29, 0.717) is 26.9 Å². The predicted octanol–water partition coefficient (Wildman–Crippen LogP) is 4.12. The van der Waals surface area contributed by atoms with E-state index in [0.717, 1.165) is 5.56 Å². The molecule has 0 saturated carbocycles. The minimum Gasteiger partial charge on any atom is -0.396 e. The summed E-state index contributed by atoms with van der Waals surface area (Å²) in [4.78, 5) is 12.3. The van der Waals surface area contributed by atoms with E-state index >= 15 is 0 Å². The smallest absolute Gasteiger partial charge is 0.193 e. The summed E-state index contributed by atoms with van der Waals surface area (Å²) in [6.07, 6.45) is 0. The maximum Gasteiger partial charge on any atom is 0.193 e. The topological polar surface area (TPSA) is 43.1 Å². The van der Waals surface area contributed by atoms with Crippen LogP contribution in [0.25, 0.3) is 0 Å². The average molecular weight is 280 g/mol. The van der Waals surface area contributed by atoms with Crippen molar-refractivity contribution in [2.75, 3.05) is 5.73 Å². The van der Waals surface area contributed by atoms with Gasteiger partial charge >= 0.3 is 0 Å². The first-order valence-corrected chi connectivity index (χ1v) is 6.10. The molecule has 0 fully saturated rings. The Morgan fingerprint density at radius 3 is 2.22 bits per heavy atom. The Hall–Kier alpha value is -1.51. The lowest BCUT2D eigenvalue weighted by Gasteiger charge is -2.06. The Morgan fingerprint density at radius 2 is 1.67 bits per heavy atom. The molecule has 0 unspecified atom stereocenters. The van der Waals surface area contributed by atoms with Gasteiger partial charge < -0.3 is 5.73 Å². The van der Waals surface area contributed by atoms with Crippen LogP contribution in [0.2, 0.25) is 10.0 Å². The van der Waals surface area contributed by atoms with Crippen molar-refractivity contribution in [1.29, 1.82) is 0 Å². The number of nitrogens with two attached hydrogens (primary N) is 1. The minimum atomic E-state index is -0.123. The Balaban J connectivity index is 2.47. The molecule has 4 heteroatoms. The molecule has 92 valence electrons. The molecule has 18 heavy (non-hydrogen) atoms. The highest BCUT2D eigenvalue weighted by atomic mass is 35.5. The number of halogens is 2. The lowest BCUT2D eigenvalue weighted by Crippen LogP contribution is -2.02. The zero-order valence-corrected chi connectivity index (χ0v) is 11.2. The van der Waals surface area contributed by atoms with Crippen LogP contribution < -0.4 is 5.73 Å². The van der Waals surface area contributed by atoms with Gasteiger partial charge in [0.1, 0.15) is 0 Å². The summed E-state index contributed by atoms with van der Waals surface area (Å²) in [5, 5.41) is 0.581. The van der Waals surface area contributed by atoms with Crippen molar-refractivity contribution in [3.63, 3.8) is 0 Å². The van der Waals surface area contributed by atoms with E-state index in [-0.39, 0.29) is 5.78 Å². The third kappa shape index (κ3) is 2.50. The van der Waals surface area contributed by atoms with Crippen molar-refractivity contribution in [1.82, 2.24) is 0 Å². The number of benzene rings is 2. The predicted molar refractivity (Wildman–Crippen MR) is 75.5 cm³/mol. The number of anilines is 1. The van der Waals surface area contributed by atoms with Crippen molar-refractivity contribution < 1.29 is 4.79 Å². The number of rotatable bonds is 2. The van der Waals surface area contributed by atoms with Crippen LogP contribution in [0.1, 0.15) is 21.5 Å². The van der Waals surface area contributed by atoms with E-state index in [4.69, 9.17) is 28.9 Å². The fraction of sp³-hybridized carbons (Fsp3) is 0.0714. The Labute approximate surface area is 115 Å². The van der Waals surface area contributed by atoms with Gasteiger partial charge in [-0.15, -0.1) is 0 Å². The highest BCUT2D eigenvalue weighted by molar-refractivity contribution is 6.39. The summed E-state index contributed by atoms with van der Waals surface area (Å²) < 4.78 is 0. The van der Waals surface area contributed by atoms with Crippen LogP contribution in [0, 0.1) is 6.92 Å². The zero-order valence-electron chi connectivity index (χ0n) is 9.71. The van der Waals surface area contributed by atoms with Gasteiger partial charge in [0.25, 0.3) is 0 Å². The zero-order chi connectivity index (χ0) is 13.3. The van der Waals surface area contributed by atoms with Crippen LogP contribution in [0.3, 0.4) is 0 Å². The summed E-state index contributed by atoms with van der Waals surface area (Å²) >= 11 is 11.8. The number of hydrogen-bond donors (Lipinski definition) is 1. The first kappa shape index (κ1) is 12.9. The maximum atomic E-state index is 12.3. The van der Waals surface area contributed by atoms with Crippen molar-refractivity contribution in [3.05, 3.63) is 63.1 Å². The number of aryl methyl sites for hydroxylation is 1. The second-order valence-electron chi connectivity index (χ2n) is 4.05. The molecule has 0 bridgehead atoms. The highest BCUT2D eigenvalue weighted by Gasteiger charge is 2.13. The third-order valence-corrected chi connectivity index (χ3v) is 3.25. The van der Waals surface area contributed by atoms with Gasteiger partial charge in [0.15, 0.2) is 5.78 Å². The molecule has 2 aromatic rings. The van der Waals surface area contributed by atoms with E-state index < -0.39 is 0 Å². The molecule has 0 aliphatic rings. The van der Waals surface area contributed by atoms with Gasteiger partial charge in [0.2, 0.25) is 0 Å². The number of hydrogen-bond acceptors (Lipinski definition) is 2. The maximum absolute atomic E-state index is 12.3. The fourth-order valence-corrected chi connectivity index (χ4v) is 2.16. The van der Waals surface area contributed by atoms with E-state index in [2.05, 4.69) is 0 Å². The molecule has 0 amide bonds. The quantitative estimate of drug-likeness (QED) is 0.664. The van der Waals surface area contributed by atoms with Crippen LogP contribution in [0.5, 0.6) is 0 Å². The number of carbonyl (C=O) groups is 1. The normalized spacial score (nSPS) is 10.4. The molecule has 0 aliphatic heterocycles. The molecule has 0 radical (unpaired) electrons. The van der Waals surface area contributed by atoms with E-state index in [9.17, 15) is 4.79 Å². The van der Waals surface area contributed by atoms with Gasteiger partial charge in [0.05, 0.1) is 15.7 Å². The van der Waals surface area contributed by atoms with Gasteiger partial charge in [0, 0.05) is 11.1 Å².